The zero-order chi connectivity index (χ0) is 25.6. The summed E-state index contributed by atoms with van der Waals surface area (Å²) in [7, 11) is 1.55. The molecule has 0 aliphatic heterocycles. The third-order valence-electron chi connectivity index (χ3n) is 5.33. The van der Waals surface area contributed by atoms with Crippen molar-refractivity contribution in [2.75, 3.05) is 7.11 Å². The first kappa shape index (κ1) is 28.2. The maximum absolute atomic E-state index is 11.0. The van der Waals surface area contributed by atoms with Gasteiger partial charge >= 0.3 is 0 Å². The number of carbonyl (C=O) groups is 1. The maximum atomic E-state index is 11.0. The van der Waals surface area contributed by atoms with Gasteiger partial charge in [0.25, 0.3) is 0 Å². The molecule has 35 heavy (non-hydrogen) atoms. The first-order valence-corrected chi connectivity index (χ1v) is 12.1. The molecule has 7 heteroatoms. The maximum Gasteiger partial charge on any atom is 0.248 e. The Labute approximate surface area is 208 Å². The van der Waals surface area contributed by atoms with Gasteiger partial charge in [-0.3, -0.25) is 4.79 Å². The van der Waals surface area contributed by atoms with Crippen molar-refractivity contribution in [3.05, 3.63) is 72.2 Å². The fourth-order valence-electron chi connectivity index (χ4n) is 3.62. The van der Waals surface area contributed by atoms with Gasteiger partial charge in [0.15, 0.2) is 17.4 Å². The molecule has 2 rings (SSSR count). The predicted octanol–water partition coefficient (Wildman–Crippen LogP) is 6.34. The molecule has 0 aliphatic carbocycles. The van der Waals surface area contributed by atoms with Crippen LogP contribution < -0.4 is 0 Å². The van der Waals surface area contributed by atoms with Crippen LogP contribution in [0.25, 0.3) is 11.6 Å². The SMILES string of the molecule is C/C=C/C(C)/C=C(/C)C/C=C/CCc1nc(-c2nc(C(CC(O)C/C=C/C(C)=O)OC)co2)co1. The standard InChI is InChI=1S/C28H38N2O5/c1-6-11-20(2)16-21(3)12-8-7-9-15-27-29-25(19-34-27)28-30-24(18-35-28)26(33-5)17-23(32)14-10-13-22(4)31/h6-8,10-11,13,16,18-20,23,26,32H,9,12,14-15,17H2,1-5H3/b8-7+,11-6+,13-10+,21-16-. The number of nitrogens with zero attached hydrogens (tertiary/aromatic N) is 2. The van der Waals surface area contributed by atoms with Crippen molar-refractivity contribution < 1.29 is 23.5 Å². The van der Waals surface area contributed by atoms with Crippen LogP contribution in [0.1, 0.15) is 71.1 Å². The molecule has 0 bridgehead atoms. The van der Waals surface area contributed by atoms with Crippen LogP contribution in [0.3, 0.4) is 0 Å². The van der Waals surface area contributed by atoms with E-state index < -0.39 is 12.2 Å². The highest BCUT2D eigenvalue weighted by Crippen LogP contribution is 2.26. The summed E-state index contributed by atoms with van der Waals surface area (Å²) in [4.78, 5) is 19.9. The second-order valence-corrected chi connectivity index (χ2v) is 8.68. The largest absolute Gasteiger partial charge is 0.448 e. The van der Waals surface area contributed by atoms with E-state index >= 15 is 0 Å². The minimum absolute atomic E-state index is 0.0535. The minimum Gasteiger partial charge on any atom is -0.448 e. The number of ketones is 1. The van der Waals surface area contributed by atoms with E-state index in [-0.39, 0.29) is 5.78 Å². The highest BCUT2D eigenvalue weighted by Gasteiger charge is 2.21. The molecule has 0 aliphatic rings. The third-order valence-corrected chi connectivity index (χ3v) is 5.33. The summed E-state index contributed by atoms with van der Waals surface area (Å²) in [5.41, 5.74) is 2.43. The lowest BCUT2D eigenvalue weighted by Crippen LogP contribution is -2.13. The van der Waals surface area contributed by atoms with Crippen LogP contribution >= 0.6 is 0 Å². The number of hydrogen-bond donors (Lipinski definition) is 1. The van der Waals surface area contributed by atoms with Crippen molar-refractivity contribution in [2.45, 2.75) is 72.0 Å². The van der Waals surface area contributed by atoms with Crippen molar-refractivity contribution in [3.8, 4) is 11.6 Å². The van der Waals surface area contributed by atoms with Crippen LogP contribution in [0, 0.1) is 5.92 Å². The lowest BCUT2D eigenvalue weighted by molar-refractivity contribution is -0.112. The molecule has 3 atom stereocenters. The number of oxazole rings is 2. The monoisotopic (exact) mass is 482 g/mol. The normalized spacial score (nSPS) is 15.4. The molecule has 2 aromatic heterocycles. The van der Waals surface area contributed by atoms with Gasteiger partial charge in [-0.1, -0.05) is 49.0 Å². The number of aromatic nitrogens is 2. The highest BCUT2D eigenvalue weighted by atomic mass is 16.5. The molecule has 0 amide bonds. The average molecular weight is 483 g/mol. The average Bonchev–Trinajstić information content (AvgIpc) is 3.47. The number of allylic oxidation sites excluding steroid dienone is 7. The Morgan fingerprint density at radius 1 is 1.17 bits per heavy atom. The number of aryl methyl sites for hydroxylation is 1. The Morgan fingerprint density at radius 3 is 2.69 bits per heavy atom. The van der Waals surface area contributed by atoms with E-state index in [0.29, 0.717) is 48.3 Å². The molecule has 3 unspecified atom stereocenters. The third kappa shape index (κ3) is 10.4. The Kier molecular flexibility index (Phi) is 12.1. The molecule has 190 valence electrons. The van der Waals surface area contributed by atoms with Gasteiger partial charge in [0.2, 0.25) is 5.89 Å². The predicted molar refractivity (Wildman–Crippen MR) is 137 cm³/mol. The van der Waals surface area contributed by atoms with Crippen molar-refractivity contribution in [1.82, 2.24) is 9.97 Å². The van der Waals surface area contributed by atoms with Crippen LogP contribution in [-0.4, -0.2) is 34.1 Å². The van der Waals surface area contributed by atoms with E-state index in [1.54, 1.807) is 13.2 Å². The topological polar surface area (TPSA) is 98.6 Å². The number of hydrogen-bond acceptors (Lipinski definition) is 7. The number of rotatable bonds is 15. The van der Waals surface area contributed by atoms with E-state index in [9.17, 15) is 9.90 Å². The first-order chi connectivity index (χ1) is 16.8. The van der Waals surface area contributed by atoms with Crippen LogP contribution in [0.5, 0.6) is 0 Å². The Balaban J connectivity index is 1.87. The Morgan fingerprint density at radius 2 is 1.97 bits per heavy atom. The fourth-order valence-corrected chi connectivity index (χ4v) is 3.62. The van der Waals surface area contributed by atoms with Crippen LogP contribution in [0.2, 0.25) is 0 Å². The molecular weight excluding hydrogens is 444 g/mol. The second kappa shape index (κ2) is 15.1. The zero-order valence-electron chi connectivity index (χ0n) is 21.4. The first-order valence-electron chi connectivity index (χ1n) is 12.1. The lowest BCUT2D eigenvalue weighted by Gasteiger charge is -2.15. The van der Waals surface area contributed by atoms with Gasteiger partial charge in [-0.15, -0.1) is 0 Å². The fraction of sp³-hybridized carbons (Fsp3) is 0.464. The van der Waals surface area contributed by atoms with Gasteiger partial charge in [-0.2, -0.15) is 0 Å². The molecule has 0 saturated heterocycles. The van der Waals surface area contributed by atoms with E-state index in [1.165, 1.54) is 31.1 Å². The zero-order valence-corrected chi connectivity index (χ0v) is 21.4. The Hall–Kier alpha value is -3.03. The summed E-state index contributed by atoms with van der Waals surface area (Å²) in [6, 6.07) is 0. The second-order valence-electron chi connectivity index (χ2n) is 8.68. The van der Waals surface area contributed by atoms with E-state index in [1.807, 2.05) is 6.92 Å². The summed E-state index contributed by atoms with van der Waals surface area (Å²) in [5, 5.41) is 10.2. The van der Waals surface area contributed by atoms with Crippen molar-refractivity contribution in [2.24, 2.45) is 5.92 Å². The smallest absolute Gasteiger partial charge is 0.248 e. The molecular formula is C28H38N2O5. The minimum atomic E-state index is -0.668. The number of methoxy groups -OCH3 is 1. The van der Waals surface area contributed by atoms with E-state index in [4.69, 9.17) is 13.6 Å². The summed E-state index contributed by atoms with van der Waals surface area (Å²) < 4.78 is 16.6. The van der Waals surface area contributed by atoms with Gasteiger partial charge in [0.1, 0.15) is 24.3 Å². The molecule has 2 aromatic rings. The van der Waals surface area contributed by atoms with Crippen LogP contribution in [0.4, 0.5) is 0 Å². The van der Waals surface area contributed by atoms with Crippen LogP contribution in [-0.2, 0) is 16.0 Å². The number of aliphatic hydroxyl groups is 1. The molecule has 7 nitrogen and oxygen atoms in total. The lowest BCUT2D eigenvalue weighted by atomic mass is 10.1. The van der Waals surface area contributed by atoms with E-state index in [0.717, 1.165) is 12.8 Å². The van der Waals surface area contributed by atoms with Gasteiger partial charge in [0, 0.05) is 20.0 Å². The molecule has 0 radical (unpaired) electrons. The number of aliphatic hydroxyl groups excluding tert-OH is 1. The summed E-state index contributed by atoms with van der Waals surface area (Å²) >= 11 is 0. The molecule has 0 aromatic carbocycles. The molecule has 0 saturated carbocycles. The summed E-state index contributed by atoms with van der Waals surface area (Å²) in [5.74, 6) is 1.36. The Bertz CT molecular complexity index is 1030. The number of ether oxygens (including phenoxy) is 1. The number of carbonyl (C=O) groups excluding carboxylic acids is 1. The molecule has 0 fully saturated rings. The summed E-state index contributed by atoms with van der Waals surface area (Å²) in [6.45, 7) is 7.84. The summed E-state index contributed by atoms with van der Waals surface area (Å²) in [6.07, 6.45) is 19.0. The van der Waals surface area contributed by atoms with E-state index in [2.05, 4.69) is 54.2 Å². The van der Waals surface area contributed by atoms with Crippen molar-refractivity contribution in [3.63, 3.8) is 0 Å². The molecule has 0 spiro atoms. The quantitative estimate of drug-likeness (QED) is 0.233. The van der Waals surface area contributed by atoms with Gasteiger partial charge in [-0.25, -0.2) is 9.97 Å². The van der Waals surface area contributed by atoms with Crippen molar-refractivity contribution in [1.29, 1.82) is 0 Å². The highest BCUT2D eigenvalue weighted by molar-refractivity contribution is 5.87. The van der Waals surface area contributed by atoms with Crippen molar-refractivity contribution >= 4 is 5.78 Å². The molecule has 1 N–H and O–H groups in total. The van der Waals surface area contributed by atoms with Gasteiger partial charge in [0.05, 0.1) is 6.10 Å². The molecule has 2 heterocycles. The van der Waals surface area contributed by atoms with Gasteiger partial charge in [-0.05, 0) is 52.0 Å². The van der Waals surface area contributed by atoms with Gasteiger partial charge < -0.3 is 18.7 Å². The van der Waals surface area contributed by atoms with Crippen LogP contribution in [0.15, 0.2) is 69.5 Å².